The Morgan fingerprint density at radius 1 is 1.06 bits per heavy atom. The average molecular weight is 513 g/mol. The maximum atomic E-state index is 12.7. The number of morpholine rings is 1. The second-order valence-electron chi connectivity index (χ2n) is 9.52. The van der Waals surface area contributed by atoms with Crippen molar-refractivity contribution >= 4 is 27.5 Å². The van der Waals surface area contributed by atoms with Crippen LogP contribution in [0.15, 0.2) is 65.2 Å². The molecule has 9 heteroatoms. The lowest BCUT2D eigenvalue weighted by atomic mass is 9.83. The van der Waals surface area contributed by atoms with Gasteiger partial charge in [0, 0.05) is 49.4 Å². The summed E-state index contributed by atoms with van der Waals surface area (Å²) in [6, 6.07) is 14.5. The number of nitrogens with zero attached hydrogens (tertiary/aromatic N) is 2. The lowest BCUT2D eigenvalue weighted by Gasteiger charge is -2.26. The van der Waals surface area contributed by atoms with Crippen molar-refractivity contribution in [3.05, 3.63) is 71.4 Å². The zero-order valence-electron chi connectivity index (χ0n) is 20.9. The van der Waals surface area contributed by atoms with Crippen molar-refractivity contribution in [1.82, 2.24) is 4.31 Å². The van der Waals surface area contributed by atoms with Gasteiger partial charge in [-0.15, -0.1) is 0 Å². The molecule has 0 atom stereocenters. The number of benzene rings is 2. The molecule has 2 aromatic rings. The molecule has 1 saturated heterocycles. The van der Waals surface area contributed by atoms with E-state index < -0.39 is 16.0 Å². The Morgan fingerprint density at radius 2 is 1.72 bits per heavy atom. The summed E-state index contributed by atoms with van der Waals surface area (Å²) in [5.41, 5.74) is 3.55. The van der Waals surface area contributed by atoms with Gasteiger partial charge in [0.1, 0.15) is 0 Å². The van der Waals surface area contributed by atoms with Crippen LogP contribution in [0.3, 0.4) is 0 Å². The molecule has 4 rings (SSSR count). The fourth-order valence-corrected chi connectivity index (χ4v) is 6.10. The van der Waals surface area contributed by atoms with Crippen LogP contribution in [0.5, 0.6) is 0 Å². The Kier molecular flexibility index (Phi) is 7.63. The van der Waals surface area contributed by atoms with Crippen molar-refractivity contribution in [1.29, 1.82) is 0 Å². The number of carbonyl (C=O) groups is 2. The molecule has 0 N–H and O–H groups in total. The predicted octanol–water partition coefficient (Wildman–Crippen LogP) is 3.06. The number of anilines is 1. The first-order valence-corrected chi connectivity index (χ1v) is 13.5. The molecule has 2 aliphatic heterocycles. The number of ether oxygens (including phenoxy) is 2. The first kappa shape index (κ1) is 26.1. The Balaban J connectivity index is 1.28. The molecule has 0 amide bonds. The van der Waals surface area contributed by atoms with Crippen molar-refractivity contribution in [2.24, 2.45) is 0 Å². The van der Waals surface area contributed by atoms with E-state index in [-0.39, 0.29) is 29.1 Å². The zero-order chi connectivity index (χ0) is 25.9. The predicted molar refractivity (Wildman–Crippen MR) is 136 cm³/mol. The van der Waals surface area contributed by atoms with E-state index in [4.69, 9.17) is 9.47 Å². The van der Waals surface area contributed by atoms with E-state index in [1.807, 2.05) is 30.1 Å². The Labute approximate surface area is 212 Å². The molecule has 0 saturated carbocycles. The maximum Gasteiger partial charge on any atom is 0.306 e. The summed E-state index contributed by atoms with van der Waals surface area (Å²) in [5, 5.41) is 0. The van der Waals surface area contributed by atoms with E-state index in [0.29, 0.717) is 32.7 Å². The number of rotatable bonds is 8. The largest absolute Gasteiger partial charge is 0.457 e. The first-order valence-electron chi connectivity index (χ1n) is 12.0. The number of hydrogen-bond acceptors (Lipinski definition) is 7. The lowest BCUT2D eigenvalue weighted by molar-refractivity contribution is -0.146. The highest BCUT2D eigenvalue weighted by Gasteiger charge is 2.38. The Morgan fingerprint density at radius 3 is 2.39 bits per heavy atom. The smallest absolute Gasteiger partial charge is 0.306 e. The number of fused-ring (bicyclic) bond motifs is 1. The summed E-state index contributed by atoms with van der Waals surface area (Å²) in [4.78, 5) is 27.0. The molecule has 1 fully saturated rings. The summed E-state index contributed by atoms with van der Waals surface area (Å²) in [7, 11) is -1.63. The Hall–Kier alpha value is -3.01. The minimum atomic E-state index is -3.55. The minimum Gasteiger partial charge on any atom is -0.457 e. The number of likely N-dealkylation sites (N-methyl/N-ethyl adjacent to an activating group) is 1. The molecule has 192 valence electrons. The van der Waals surface area contributed by atoms with Gasteiger partial charge in [0.25, 0.3) is 0 Å². The van der Waals surface area contributed by atoms with Crippen LogP contribution >= 0.6 is 0 Å². The molecule has 2 aliphatic rings. The van der Waals surface area contributed by atoms with Gasteiger partial charge in [-0.05, 0) is 35.7 Å². The van der Waals surface area contributed by atoms with Crippen molar-refractivity contribution in [3.8, 4) is 0 Å². The monoisotopic (exact) mass is 512 g/mol. The molecule has 8 nitrogen and oxygen atoms in total. The van der Waals surface area contributed by atoms with E-state index in [1.54, 1.807) is 30.3 Å². The standard InChI is InChI=1S/C27H32N2O6S/c1-27(2)23-6-4-5-7-24(23)28(3)25(27)18-21(30)19-35-26(31)13-10-20-8-11-22(12-9-20)36(32,33)29-14-16-34-17-15-29/h4-9,11-12,18H,10,13-17,19H2,1-3H3. The number of carbonyl (C=O) groups excluding carboxylic acids is 2. The van der Waals surface area contributed by atoms with Crippen LogP contribution in [0.4, 0.5) is 5.69 Å². The number of ketones is 1. The molecule has 2 aromatic carbocycles. The minimum absolute atomic E-state index is 0.0935. The van der Waals surface area contributed by atoms with Crippen LogP contribution in [0.25, 0.3) is 0 Å². The van der Waals surface area contributed by atoms with Crippen LogP contribution in [0, 0.1) is 0 Å². The molecule has 0 aliphatic carbocycles. The summed E-state index contributed by atoms with van der Waals surface area (Å²) in [6.45, 7) is 5.27. The van der Waals surface area contributed by atoms with E-state index in [1.165, 1.54) is 4.31 Å². The van der Waals surface area contributed by atoms with Gasteiger partial charge in [-0.2, -0.15) is 4.31 Å². The third-order valence-corrected chi connectivity index (χ3v) is 8.68. The highest BCUT2D eigenvalue weighted by Crippen LogP contribution is 2.46. The van der Waals surface area contributed by atoms with E-state index in [2.05, 4.69) is 19.9 Å². The molecule has 0 bridgehead atoms. The molecule has 0 spiro atoms. The average Bonchev–Trinajstić information content (AvgIpc) is 3.07. The number of allylic oxidation sites excluding steroid dienone is 1. The summed E-state index contributed by atoms with van der Waals surface area (Å²) in [5.74, 6) is -0.752. The molecule has 2 heterocycles. The first-order chi connectivity index (χ1) is 17.1. The van der Waals surface area contributed by atoms with E-state index in [0.717, 1.165) is 22.5 Å². The molecular weight excluding hydrogens is 480 g/mol. The van der Waals surface area contributed by atoms with Crippen molar-refractivity contribution in [3.63, 3.8) is 0 Å². The number of aryl methyl sites for hydroxylation is 1. The van der Waals surface area contributed by atoms with Gasteiger partial charge in [-0.3, -0.25) is 9.59 Å². The molecule has 0 unspecified atom stereocenters. The van der Waals surface area contributed by atoms with Gasteiger partial charge < -0.3 is 14.4 Å². The van der Waals surface area contributed by atoms with Gasteiger partial charge in [-0.1, -0.05) is 44.2 Å². The third-order valence-electron chi connectivity index (χ3n) is 6.76. The number of para-hydroxylation sites is 1. The summed E-state index contributed by atoms with van der Waals surface area (Å²) < 4.78 is 37.3. The van der Waals surface area contributed by atoms with Gasteiger partial charge in [0.05, 0.1) is 18.1 Å². The molecular formula is C27H32N2O6S. The van der Waals surface area contributed by atoms with Crippen LogP contribution in [0.2, 0.25) is 0 Å². The summed E-state index contributed by atoms with van der Waals surface area (Å²) >= 11 is 0. The third kappa shape index (κ3) is 5.38. The van der Waals surface area contributed by atoms with Gasteiger partial charge in [0.2, 0.25) is 10.0 Å². The van der Waals surface area contributed by atoms with Crippen LogP contribution in [0.1, 0.15) is 31.4 Å². The van der Waals surface area contributed by atoms with Gasteiger partial charge in [0.15, 0.2) is 12.4 Å². The van der Waals surface area contributed by atoms with Crippen molar-refractivity contribution in [2.45, 2.75) is 37.0 Å². The van der Waals surface area contributed by atoms with Gasteiger partial charge in [-0.25, -0.2) is 8.42 Å². The lowest BCUT2D eigenvalue weighted by Crippen LogP contribution is -2.40. The zero-order valence-corrected chi connectivity index (χ0v) is 21.7. The highest BCUT2D eigenvalue weighted by molar-refractivity contribution is 7.89. The molecule has 36 heavy (non-hydrogen) atoms. The molecule has 0 radical (unpaired) electrons. The van der Waals surface area contributed by atoms with E-state index >= 15 is 0 Å². The topological polar surface area (TPSA) is 93.2 Å². The van der Waals surface area contributed by atoms with Crippen molar-refractivity contribution < 1.29 is 27.5 Å². The number of esters is 1. The summed E-state index contributed by atoms with van der Waals surface area (Å²) in [6.07, 6.45) is 2.04. The normalized spacial score (nSPS) is 18.8. The fourth-order valence-electron chi connectivity index (χ4n) is 4.69. The maximum absolute atomic E-state index is 12.7. The second-order valence-corrected chi connectivity index (χ2v) is 11.5. The molecule has 0 aromatic heterocycles. The van der Waals surface area contributed by atoms with Crippen molar-refractivity contribution in [2.75, 3.05) is 44.9 Å². The van der Waals surface area contributed by atoms with Crippen LogP contribution in [-0.2, 0) is 40.9 Å². The van der Waals surface area contributed by atoms with Crippen LogP contribution < -0.4 is 4.90 Å². The van der Waals surface area contributed by atoms with E-state index in [9.17, 15) is 18.0 Å². The van der Waals surface area contributed by atoms with Crippen LogP contribution in [-0.4, -0.2) is 64.4 Å². The second kappa shape index (κ2) is 10.5. The quantitative estimate of drug-likeness (QED) is 0.396. The fraction of sp³-hybridized carbons (Fsp3) is 0.407. The Bertz CT molecular complexity index is 1260. The number of hydrogen-bond donors (Lipinski definition) is 0. The SMILES string of the molecule is CN1C(=CC(=O)COC(=O)CCc2ccc(S(=O)(=O)N3CCOCC3)cc2)C(C)(C)c2ccccc21. The highest BCUT2D eigenvalue weighted by atomic mass is 32.2. The van der Waals surface area contributed by atoms with Gasteiger partial charge >= 0.3 is 5.97 Å². The number of sulfonamides is 1.